The molecule has 32 heteroatoms. The lowest BCUT2D eigenvalue weighted by molar-refractivity contribution is -0.155. The molecule has 1 aromatic carbocycles. The molecule has 2 rings (SSSR count). The molecule has 1 fully saturated rings. The van der Waals surface area contributed by atoms with Gasteiger partial charge in [0.2, 0.25) is 47.3 Å². The van der Waals surface area contributed by atoms with Gasteiger partial charge in [0.05, 0.1) is 31.1 Å². The molecule has 0 saturated carbocycles. The van der Waals surface area contributed by atoms with Crippen molar-refractivity contribution in [3.63, 3.8) is 0 Å². The zero-order valence-corrected chi connectivity index (χ0v) is 48.5. The van der Waals surface area contributed by atoms with Gasteiger partial charge in [-0.15, -0.1) is 11.6 Å². The van der Waals surface area contributed by atoms with E-state index in [0.717, 1.165) is 44.6 Å². The molecule has 31 nitrogen and oxygen atoms in total. The van der Waals surface area contributed by atoms with Crippen molar-refractivity contribution in [2.45, 2.75) is 170 Å². The number of cyclic esters (lactones) is 1. The van der Waals surface area contributed by atoms with Gasteiger partial charge in [0.25, 0.3) is 5.91 Å². The SMILES string of the molecule is C/C=C1\NC(=O)C(Cc2ccccc2)NC(=O)[C@H](CCCN=C(N)N)NC(=O)C(CCN)NC(=O)[C@H](CCN)NC(=O)C(CO)NC(=O)[C@@H](NC(=O)C[C@H](O)CCCCCCCCC)COC(=O)[C@H]([C@H](O)CCl)NC(=O)[C@H]([C@H](O)C(=O)O)NC1=O. The molecule has 0 aliphatic carbocycles. The van der Waals surface area contributed by atoms with Crippen molar-refractivity contribution in [1.82, 2.24) is 47.9 Å². The lowest BCUT2D eigenvalue weighted by atomic mass is 10.0. The van der Waals surface area contributed by atoms with E-state index in [9.17, 15) is 78.3 Å². The summed E-state index contributed by atoms with van der Waals surface area (Å²) < 4.78 is 5.27. The number of aliphatic carboxylic acids is 1. The third-order valence-corrected chi connectivity index (χ3v) is 13.4. The van der Waals surface area contributed by atoms with Gasteiger partial charge in [-0.3, -0.25) is 48.1 Å². The number of allylic oxidation sites excluding steroid dienone is 1. The van der Waals surface area contributed by atoms with Gasteiger partial charge >= 0.3 is 11.9 Å². The van der Waals surface area contributed by atoms with E-state index in [1.54, 1.807) is 30.3 Å². The summed E-state index contributed by atoms with van der Waals surface area (Å²) >= 11 is 5.88. The Morgan fingerprint density at radius 1 is 0.706 bits per heavy atom. The number of nitrogens with two attached hydrogens (primary N) is 4. The molecule has 1 aromatic rings. The van der Waals surface area contributed by atoms with Crippen LogP contribution in [-0.4, -0.2) is 202 Å². The lowest BCUT2D eigenvalue weighted by Crippen LogP contribution is -2.62. The second-order valence-electron chi connectivity index (χ2n) is 19.9. The topological polar surface area (TPSA) is 523 Å². The summed E-state index contributed by atoms with van der Waals surface area (Å²) in [5.74, 6) is -15.6. The Bertz CT molecular complexity index is 2440. The first-order chi connectivity index (χ1) is 40.4. The van der Waals surface area contributed by atoms with E-state index in [-0.39, 0.29) is 64.1 Å². The fourth-order valence-electron chi connectivity index (χ4n) is 8.38. The van der Waals surface area contributed by atoms with Gasteiger partial charge in [-0.25, -0.2) is 9.59 Å². The molecule has 9 amide bonds. The van der Waals surface area contributed by atoms with Crippen LogP contribution in [0.5, 0.6) is 0 Å². The van der Waals surface area contributed by atoms with Gasteiger partial charge in [-0.05, 0) is 57.7 Å². The molecule has 0 spiro atoms. The highest BCUT2D eigenvalue weighted by Gasteiger charge is 2.40. The quantitative estimate of drug-likeness (QED) is 0.0103. The van der Waals surface area contributed by atoms with Crippen LogP contribution in [0.3, 0.4) is 0 Å². The highest BCUT2D eigenvalue weighted by molar-refractivity contribution is 6.18. The second-order valence-corrected chi connectivity index (χ2v) is 20.2. The van der Waals surface area contributed by atoms with Crippen molar-refractivity contribution < 1.29 is 83.0 Å². The molecule has 1 saturated heterocycles. The third kappa shape index (κ3) is 26.9. The number of ether oxygens (including phenoxy) is 1. The largest absolute Gasteiger partial charge is 0.479 e. The number of hydrogen-bond acceptors (Lipinski definition) is 19. The number of amides is 9. The minimum absolute atomic E-state index is 0.0368. The zero-order valence-electron chi connectivity index (χ0n) is 47.7. The van der Waals surface area contributed by atoms with Crippen molar-refractivity contribution in [3.05, 3.63) is 47.7 Å². The summed E-state index contributed by atoms with van der Waals surface area (Å²) in [5, 5.41) is 73.2. The number of benzene rings is 1. The summed E-state index contributed by atoms with van der Waals surface area (Å²) in [4.78, 5) is 156. The Morgan fingerprint density at radius 2 is 1.25 bits per heavy atom. The number of nitrogens with one attached hydrogen (secondary N) is 9. The molecule has 11 atom stereocenters. The van der Waals surface area contributed by atoms with Gasteiger partial charge < -0.3 is 101 Å². The fourth-order valence-corrected chi connectivity index (χ4v) is 8.55. The van der Waals surface area contributed by atoms with Crippen molar-refractivity contribution in [2.24, 2.45) is 27.9 Å². The Morgan fingerprint density at radius 3 is 1.78 bits per heavy atom. The summed E-state index contributed by atoms with van der Waals surface area (Å²) in [5.41, 5.74) is 22.4. The van der Waals surface area contributed by atoms with Crippen molar-refractivity contribution in [1.29, 1.82) is 0 Å². The Kier molecular flexibility index (Phi) is 34.5. The zero-order chi connectivity index (χ0) is 63.6. The van der Waals surface area contributed by atoms with E-state index >= 15 is 0 Å². The van der Waals surface area contributed by atoms with E-state index in [2.05, 4.69) is 49.1 Å². The number of halogens is 1. The van der Waals surface area contributed by atoms with Crippen molar-refractivity contribution in [3.8, 4) is 0 Å². The maximum Gasteiger partial charge on any atom is 0.335 e. The minimum Gasteiger partial charge on any atom is -0.479 e. The van der Waals surface area contributed by atoms with Gasteiger partial charge in [-0.1, -0.05) is 88.3 Å². The molecule has 0 radical (unpaired) electrons. The normalized spacial score (nSPS) is 23.7. The number of carbonyl (C=O) groups excluding carboxylic acids is 10. The number of aliphatic hydroxyl groups is 4. The van der Waals surface area contributed by atoms with Crippen LogP contribution in [0, 0.1) is 0 Å². The van der Waals surface area contributed by atoms with Crippen LogP contribution >= 0.6 is 11.6 Å². The first kappa shape index (κ1) is 73.6. The molecular formula is C53H85ClN14O17. The average Bonchev–Trinajstić information content (AvgIpc) is 3.67. The van der Waals surface area contributed by atoms with Gasteiger partial charge in [0.1, 0.15) is 54.6 Å². The predicted octanol–water partition coefficient (Wildman–Crippen LogP) is -5.64. The molecule has 85 heavy (non-hydrogen) atoms. The third-order valence-electron chi connectivity index (χ3n) is 13.1. The number of rotatable bonds is 26. The summed E-state index contributed by atoms with van der Waals surface area (Å²) in [7, 11) is 0. The summed E-state index contributed by atoms with van der Waals surface area (Å²) in [6.07, 6.45) is -0.182. The van der Waals surface area contributed by atoms with Crippen LogP contribution in [0.2, 0.25) is 0 Å². The number of nitrogens with zero attached hydrogens (tertiary/aromatic N) is 1. The van der Waals surface area contributed by atoms with Crippen molar-refractivity contribution >= 4 is 82.7 Å². The number of carboxylic acids is 1. The Balaban J connectivity index is 2.81. The van der Waals surface area contributed by atoms with Crippen LogP contribution in [0.15, 0.2) is 47.1 Å². The molecule has 0 bridgehead atoms. The molecule has 1 heterocycles. The summed E-state index contributed by atoms with van der Waals surface area (Å²) in [6.45, 7) is 0.417. The van der Waals surface area contributed by atoms with Crippen molar-refractivity contribution in [2.75, 3.05) is 38.7 Å². The second kappa shape index (κ2) is 39.9. The molecule has 1 aliphatic rings. The number of carboxylic acid groups (broad SMARTS) is 1. The molecule has 22 N–H and O–H groups in total. The van der Waals surface area contributed by atoms with Crippen LogP contribution in [0.4, 0.5) is 0 Å². The monoisotopic (exact) mass is 1220 g/mol. The van der Waals surface area contributed by atoms with Crippen LogP contribution in [0.25, 0.3) is 0 Å². The number of guanidine groups is 1. The van der Waals surface area contributed by atoms with E-state index in [1.807, 2.05) is 10.6 Å². The number of esters is 1. The van der Waals surface area contributed by atoms with Gasteiger partial charge in [0, 0.05) is 13.0 Å². The molecule has 1 aliphatic heterocycles. The van der Waals surface area contributed by atoms with Crippen LogP contribution < -0.4 is 70.8 Å². The van der Waals surface area contributed by atoms with E-state index < -0.39 is 163 Å². The highest BCUT2D eigenvalue weighted by Crippen LogP contribution is 2.13. The Labute approximate surface area is 496 Å². The average molecular weight is 1230 g/mol. The van der Waals surface area contributed by atoms with Gasteiger partial charge in [0.15, 0.2) is 18.1 Å². The van der Waals surface area contributed by atoms with E-state index in [0.29, 0.717) is 12.0 Å². The van der Waals surface area contributed by atoms with Crippen LogP contribution in [0.1, 0.15) is 103 Å². The lowest BCUT2D eigenvalue weighted by Gasteiger charge is -2.28. The number of alkyl halides is 1. The Hall–Kier alpha value is -7.55. The highest BCUT2D eigenvalue weighted by atomic mass is 35.5. The van der Waals surface area contributed by atoms with Gasteiger partial charge in [-0.2, -0.15) is 0 Å². The number of unbranched alkanes of at least 4 members (excludes halogenated alkanes) is 6. The van der Waals surface area contributed by atoms with E-state index in [1.165, 1.54) is 6.92 Å². The minimum atomic E-state index is -2.81. The maximum atomic E-state index is 14.3. The fraction of sp³-hybridized carbons (Fsp3) is 0.623. The molecular weight excluding hydrogens is 1140 g/mol. The first-order valence-corrected chi connectivity index (χ1v) is 28.5. The first-order valence-electron chi connectivity index (χ1n) is 27.9. The number of carbonyl (C=O) groups is 11. The molecule has 3 unspecified atom stereocenters. The molecule has 0 aromatic heterocycles. The number of hydrogen-bond donors (Lipinski definition) is 18. The van der Waals surface area contributed by atoms with Crippen LogP contribution in [-0.2, 0) is 63.9 Å². The van der Waals surface area contributed by atoms with E-state index in [4.69, 9.17) is 39.3 Å². The number of aliphatic imine (C=N–C) groups is 1. The standard InChI is InChI=1S/C53H85ClN14O17/c1-3-5-6-7-8-9-13-17-30(70)25-39(72)60-37-28-85-52(84)40(38(71)26-54)67-50(81)41(42(73)51(82)83)68-43(74)31(4-2)61-47(78)35(24-29-15-11-10-12-16-29)65-44(75)32(18-14-23-59-53(57)58)62-45(76)33(19-21-55)63-46(77)34(20-22-56)64-48(79)36(27-69)66-49(37)80/h4,10-12,15-16,30,32-38,40-42,69-71,73H,3,5-9,13-14,17-28,55-56H2,1-2H3,(H,60,72)(H,61,78)(H,62,76)(H,63,77)(H,64,79)(H,65,75)(H,66,80)(H,67,81)(H,68,74)(H,82,83)(H4,57,58,59)/b31-4-/t30-,32+,33?,34+,35?,36?,37+,38-,40+,41+,42+/m1/s1. The maximum absolute atomic E-state index is 14.3. The predicted molar refractivity (Wildman–Crippen MR) is 306 cm³/mol. The number of aliphatic hydroxyl groups excluding tert-OH is 4. The molecule has 476 valence electrons. The smallest absolute Gasteiger partial charge is 0.335 e. The summed E-state index contributed by atoms with van der Waals surface area (Å²) in [6, 6.07) is -6.93.